The molecular formula is C19H25N5O3. The smallest absolute Gasteiger partial charge is 0.251 e. The first kappa shape index (κ1) is 19.0. The second-order valence-corrected chi connectivity index (χ2v) is 6.84. The molecule has 1 saturated carbocycles. The number of aromatic nitrogens is 2. The number of anilines is 1. The Labute approximate surface area is 158 Å². The second kappa shape index (κ2) is 8.30. The minimum atomic E-state index is -0.433. The predicted molar refractivity (Wildman–Crippen MR) is 100 cm³/mol. The number of benzene rings is 1. The fourth-order valence-corrected chi connectivity index (χ4v) is 3.47. The molecule has 27 heavy (non-hydrogen) atoms. The van der Waals surface area contributed by atoms with Crippen molar-refractivity contribution >= 4 is 17.5 Å². The van der Waals surface area contributed by atoms with E-state index >= 15 is 0 Å². The topological polar surface area (TPSA) is 109 Å². The maximum absolute atomic E-state index is 12.4. The lowest BCUT2D eigenvalue weighted by Crippen LogP contribution is -2.48. The first-order chi connectivity index (χ1) is 13.0. The van der Waals surface area contributed by atoms with Crippen molar-refractivity contribution in [2.45, 2.75) is 44.6 Å². The monoisotopic (exact) mass is 371 g/mol. The third-order valence-electron chi connectivity index (χ3n) is 4.89. The number of carbonyl (C=O) groups is 2. The lowest BCUT2D eigenvalue weighted by atomic mass is 9.81. The highest BCUT2D eigenvalue weighted by Crippen LogP contribution is 2.35. The Morgan fingerprint density at radius 1 is 1.22 bits per heavy atom. The molecule has 0 radical (unpaired) electrons. The number of hydrogen-bond acceptors (Lipinski definition) is 6. The van der Waals surface area contributed by atoms with E-state index in [-0.39, 0.29) is 18.4 Å². The highest BCUT2D eigenvalue weighted by atomic mass is 16.5. The zero-order valence-corrected chi connectivity index (χ0v) is 15.7. The van der Waals surface area contributed by atoms with E-state index in [0.717, 1.165) is 25.7 Å². The Hall–Kier alpha value is -2.74. The van der Waals surface area contributed by atoms with Gasteiger partial charge in [0.15, 0.2) is 5.82 Å². The SMILES string of the molecule is CNC(=O)c1cccc(NC(=O)CNC2(c3noc(C)n3)CCCCC2)c1. The average Bonchev–Trinajstić information content (AvgIpc) is 3.14. The quantitative estimate of drug-likeness (QED) is 0.718. The summed E-state index contributed by atoms with van der Waals surface area (Å²) in [5, 5.41) is 12.8. The number of hydrogen-bond donors (Lipinski definition) is 3. The molecule has 0 spiro atoms. The molecule has 144 valence electrons. The minimum absolute atomic E-state index is 0.123. The summed E-state index contributed by atoms with van der Waals surface area (Å²) >= 11 is 0. The maximum atomic E-state index is 12.4. The molecule has 3 N–H and O–H groups in total. The third-order valence-corrected chi connectivity index (χ3v) is 4.89. The van der Waals surface area contributed by atoms with E-state index in [9.17, 15) is 9.59 Å². The summed E-state index contributed by atoms with van der Waals surface area (Å²) < 4.78 is 5.15. The van der Waals surface area contributed by atoms with Crippen LogP contribution in [0, 0.1) is 6.92 Å². The molecule has 8 nitrogen and oxygen atoms in total. The first-order valence-electron chi connectivity index (χ1n) is 9.20. The molecular weight excluding hydrogens is 346 g/mol. The van der Waals surface area contributed by atoms with Crippen molar-refractivity contribution in [3.63, 3.8) is 0 Å². The van der Waals surface area contributed by atoms with Crippen molar-refractivity contribution in [1.29, 1.82) is 0 Å². The standard InChI is InChI=1S/C19H25N5O3/c1-13-22-18(24-27-13)19(9-4-3-5-10-19)21-12-16(25)23-15-8-6-7-14(11-15)17(26)20-2/h6-8,11,21H,3-5,9-10,12H2,1-2H3,(H,20,26)(H,23,25). The summed E-state index contributed by atoms with van der Waals surface area (Å²) in [5.41, 5.74) is 0.641. The Morgan fingerprint density at radius 3 is 2.67 bits per heavy atom. The van der Waals surface area contributed by atoms with Crippen molar-refractivity contribution in [3.05, 3.63) is 41.5 Å². The predicted octanol–water partition coefficient (Wildman–Crippen LogP) is 2.13. The molecule has 3 rings (SSSR count). The summed E-state index contributed by atoms with van der Waals surface area (Å²) in [6, 6.07) is 6.83. The molecule has 0 unspecified atom stereocenters. The summed E-state index contributed by atoms with van der Waals surface area (Å²) in [6.45, 7) is 1.89. The van der Waals surface area contributed by atoms with Crippen LogP contribution >= 0.6 is 0 Å². The van der Waals surface area contributed by atoms with Gasteiger partial charge >= 0.3 is 0 Å². The van der Waals surface area contributed by atoms with Gasteiger partial charge in [-0.2, -0.15) is 4.98 Å². The summed E-state index contributed by atoms with van der Waals surface area (Å²) in [6.07, 6.45) is 5.00. The Morgan fingerprint density at radius 2 is 2.00 bits per heavy atom. The van der Waals surface area contributed by atoms with E-state index in [1.165, 1.54) is 6.42 Å². The number of aryl methyl sites for hydroxylation is 1. The lowest BCUT2D eigenvalue weighted by molar-refractivity contribution is -0.115. The molecule has 1 fully saturated rings. The van der Waals surface area contributed by atoms with Gasteiger partial charge in [-0.05, 0) is 31.0 Å². The van der Waals surface area contributed by atoms with Crippen LogP contribution in [0.2, 0.25) is 0 Å². The molecule has 1 aromatic heterocycles. The van der Waals surface area contributed by atoms with Crippen LogP contribution in [0.1, 0.15) is 54.2 Å². The summed E-state index contributed by atoms with van der Waals surface area (Å²) in [4.78, 5) is 28.6. The molecule has 1 aliphatic rings. The molecule has 0 atom stereocenters. The zero-order chi connectivity index (χ0) is 19.3. The number of nitrogens with zero attached hydrogens (tertiary/aromatic N) is 2. The van der Waals surface area contributed by atoms with Crippen LogP contribution < -0.4 is 16.0 Å². The molecule has 2 amide bonds. The van der Waals surface area contributed by atoms with Gasteiger partial charge in [-0.25, -0.2) is 0 Å². The van der Waals surface area contributed by atoms with E-state index in [1.807, 2.05) is 0 Å². The van der Waals surface area contributed by atoms with Gasteiger partial charge in [0.2, 0.25) is 11.8 Å². The van der Waals surface area contributed by atoms with Crippen molar-refractivity contribution < 1.29 is 14.1 Å². The van der Waals surface area contributed by atoms with Gasteiger partial charge in [0.05, 0.1) is 12.1 Å². The average molecular weight is 371 g/mol. The van der Waals surface area contributed by atoms with Gasteiger partial charge in [0.25, 0.3) is 5.91 Å². The number of nitrogens with one attached hydrogen (secondary N) is 3. The van der Waals surface area contributed by atoms with Crippen LogP contribution in [0.25, 0.3) is 0 Å². The van der Waals surface area contributed by atoms with E-state index in [4.69, 9.17) is 4.52 Å². The maximum Gasteiger partial charge on any atom is 0.251 e. The van der Waals surface area contributed by atoms with Gasteiger partial charge in [0.1, 0.15) is 0 Å². The molecule has 0 bridgehead atoms. The molecule has 1 heterocycles. The second-order valence-electron chi connectivity index (χ2n) is 6.84. The van der Waals surface area contributed by atoms with Gasteiger partial charge in [-0.15, -0.1) is 0 Å². The number of rotatable bonds is 6. The molecule has 2 aromatic rings. The summed E-state index contributed by atoms with van der Waals surface area (Å²) in [7, 11) is 1.57. The molecule has 0 saturated heterocycles. The first-order valence-corrected chi connectivity index (χ1v) is 9.20. The van der Waals surface area contributed by atoms with Crippen LogP contribution in [0.15, 0.2) is 28.8 Å². The van der Waals surface area contributed by atoms with Crippen molar-refractivity contribution in [3.8, 4) is 0 Å². The van der Waals surface area contributed by atoms with Crippen LogP contribution in [0.3, 0.4) is 0 Å². The van der Waals surface area contributed by atoms with Crippen LogP contribution in [-0.2, 0) is 10.3 Å². The third kappa shape index (κ3) is 4.51. The van der Waals surface area contributed by atoms with Gasteiger partial charge in [0, 0.05) is 25.2 Å². The highest BCUT2D eigenvalue weighted by Gasteiger charge is 2.38. The van der Waals surface area contributed by atoms with Gasteiger partial charge < -0.3 is 15.2 Å². The van der Waals surface area contributed by atoms with Crippen molar-refractivity contribution in [1.82, 2.24) is 20.8 Å². The van der Waals surface area contributed by atoms with Gasteiger partial charge in [-0.3, -0.25) is 14.9 Å². The minimum Gasteiger partial charge on any atom is -0.355 e. The van der Waals surface area contributed by atoms with Crippen molar-refractivity contribution in [2.75, 3.05) is 18.9 Å². The van der Waals surface area contributed by atoms with E-state index in [0.29, 0.717) is 23.0 Å². The largest absolute Gasteiger partial charge is 0.355 e. The van der Waals surface area contributed by atoms with E-state index in [2.05, 4.69) is 26.1 Å². The van der Waals surface area contributed by atoms with E-state index in [1.54, 1.807) is 38.2 Å². The Kier molecular flexibility index (Phi) is 5.85. The number of carbonyl (C=O) groups excluding carboxylic acids is 2. The normalized spacial score (nSPS) is 15.9. The zero-order valence-electron chi connectivity index (χ0n) is 15.7. The van der Waals surface area contributed by atoms with Crippen LogP contribution in [0.4, 0.5) is 5.69 Å². The highest BCUT2D eigenvalue weighted by molar-refractivity contribution is 5.97. The van der Waals surface area contributed by atoms with Gasteiger partial charge in [-0.1, -0.05) is 30.5 Å². The fraction of sp³-hybridized carbons (Fsp3) is 0.474. The Balaban J connectivity index is 1.65. The Bertz CT molecular complexity index is 811. The fourth-order valence-electron chi connectivity index (χ4n) is 3.47. The van der Waals surface area contributed by atoms with Crippen LogP contribution in [-0.4, -0.2) is 35.5 Å². The molecule has 1 aromatic carbocycles. The van der Waals surface area contributed by atoms with Crippen molar-refractivity contribution in [2.24, 2.45) is 0 Å². The number of amides is 2. The van der Waals surface area contributed by atoms with E-state index < -0.39 is 5.54 Å². The summed E-state index contributed by atoms with van der Waals surface area (Å²) in [5.74, 6) is 0.758. The lowest BCUT2D eigenvalue weighted by Gasteiger charge is -2.35. The molecule has 8 heteroatoms. The molecule has 1 aliphatic carbocycles. The molecule has 0 aliphatic heterocycles. The van der Waals surface area contributed by atoms with Crippen LogP contribution in [0.5, 0.6) is 0 Å².